The van der Waals surface area contributed by atoms with Crippen molar-refractivity contribution in [3.8, 4) is 0 Å². The summed E-state index contributed by atoms with van der Waals surface area (Å²) in [7, 11) is -3.62. The maximum absolute atomic E-state index is 12.1. The van der Waals surface area contributed by atoms with Crippen molar-refractivity contribution < 1.29 is 8.42 Å². The lowest BCUT2D eigenvalue weighted by Gasteiger charge is -2.05. The van der Waals surface area contributed by atoms with Gasteiger partial charge in [-0.05, 0) is 31.5 Å². The van der Waals surface area contributed by atoms with Crippen LogP contribution in [-0.4, -0.2) is 14.1 Å². The van der Waals surface area contributed by atoms with Crippen LogP contribution in [0.15, 0.2) is 64.6 Å². The lowest BCUT2D eigenvalue weighted by atomic mass is 10.1. The monoisotopic (exact) mass is 288 g/mol. The minimum Gasteiger partial charge on any atom is -0.200 e. The number of aryl methyl sites for hydroxylation is 1. The number of nitrogens with zero attached hydrogens (tertiary/aromatic N) is 1. The first-order valence-corrected chi connectivity index (χ1v) is 7.65. The molecule has 0 atom stereocenters. The van der Waals surface area contributed by atoms with Crippen molar-refractivity contribution in [2.75, 3.05) is 0 Å². The van der Waals surface area contributed by atoms with E-state index in [1.807, 2.05) is 37.3 Å². The van der Waals surface area contributed by atoms with Crippen LogP contribution in [-0.2, 0) is 10.0 Å². The van der Waals surface area contributed by atoms with Crippen LogP contribution in [0, 0.1) is 6.92 Å². The van der Waals surface area contributed by atoms with Gasteiger partial charge in [-0.1, -0.05) is 48.0 Å². The first-order chi connectivity index (χ1) is 9.49. The number of nitrogens with one attached hydrogen (secondary N) is 1. The third-order valence-electron chi connectivity index (χ3n) is 2.86. The van der Waals surface area contributed by atoms with Crippen molar-refractivity contribution in [1.29, 1.82) is 0 Å². The summed E-state index contributed by atoms with van der Waals surface area (Å²) < 4.78 is 24.1. The molecule has 0 aliphatic heterocycles. The van der Waals surface area contributed by atoms with E-state index in [0.29, 0.717) is 5.71 Å². The van der Waals surface area contributed by atoms with Gasteiger partial charge < -0.3 is 0 Å². The lowest BCUT2D eigenvalue weighted by Crippen LogP contribution is -2.19. The Morgan fingerprint density at radius 3 is 2.20 bits per heavy atom. The second-order valence-corrected chi connectivity index (χ2v) is 6.13. The van der Waals surface area contributed by atoms with Gasteiger partial charge in [-0.3, -0.25) is 0 Å². The molecule has 0 heterocycles. The van der Waals surface area contributed by atoms with E-state index in [-0.39, 0.29) is 4.90 Å². The van der Waals surface area contributed by atoms with Gasteiger partial charge in [-0.15, -0.1) is 0 Å². The summed E-state index contributed by atoms with van der Waals surface area (Å²) in [5.74, 6) is 0. The van der Waals surface area contributed by atoms with Gasteiger partial charge in [0.05, 0.1) is 10.6 Å². The fourth-order valence-corrected chi connectivity index (χ4v) is 2.50. The molecule has 0 saturated carbocycles. The Balaban J connectivity index is 2.19. The molecular weight excluding hydrogens is 272 g/mol. The van der Waals surface area contributed by atoms with Crippen LogP contribution in [0.4, 0.5) is 0 Å². The molecule has 2 rings (SSSR count). The zero-order valence-electron chi connectivity index (χ0n) is 11.4. The van der Waals surface area contributed by atoms with Gasteiger partial charge >= 0.3 is 0 Å². The van der Waals surface area contributed by atoms with Gasteiger partial charge in [0.2, 0.25) is 0 Å². The quantitative estimate of drug-likeness (QED) is 0.694. The molecule has 0 amide bonds. The van der Waals surface area contributed by atoms with Crippen LogP contribution in [0.5, 0.6) is 0 Å². The van der Waals surface area contributed by atoms with E-state index in [4.69, 9.17) is 0 Å². The molecule has 104 valence electrons. The maximum Gasteiger partial charge on any atom is 0.276 e. The van der Waals surface area contributed by atoms with Gasteiger partial charge in [-0.25, -0.2) is 0 Å². The molecule has 0 aromatic heterocycles. The Morgan fingerprint density at radius 1 is 1.00 bits per heavy atom. The van der Waals surface area contributed by atoms with Gasteiger partial charge in [0, 0.05) is 0 Å². The minimum atomic E-state index is -3.62. The Morgan fingerprint density at radius 2 is 1.60 bits per heavy atom. The standard InChI is InChI=1S/C15H16N2O2S/c1-12-8-10-15(11-9-12)20(18,19)17-16-13(2)14-6-4-3-5-7-14/h3-11,17H,1-2H3/b16-13-. The summed E-state index contributed by atoms with van der Waals surface area (Å²) in [6.07, 6.45) is 0. The summed E-state index contributed by atoms with van der Waals surface area (Å²) in [5.41, 5.74) is 2.49. The van der Waals surface area contributed by atoms with Gasteiger partial charge in [0.1, 0.15) is 0 Å². The molecule has 20 heavy (non-hydrogen) atoms. The molecule has 0 spiro atoms. The summed E-state index contributed by atoms with van der Waals surface area (Å²) in [5, 5.41) is 3.94. The smallest absolute Gasteiger partial charge is 0.200 e. The molecule has 0 radical (unpaired) electrons. The van der Waals surface area contributed by atoms with E-state index in [1.54, 1.807) is 31.2 Å². The highest BCUT2D eigenvalue weighted by molar-refractivity contribution is 7.89. The molecular formula is C15H16N2O2S. The van der Waals surface area contributed by atoms with Gasteiger partial charge in [0.25, 0.3) is 10.0 Å². The zero-order chi connectivity index (χ0) is 14.6. The second-order valence-electron chi connectivity index (χ2n) is 4.47. The fraction of sp³-hybridized carbons (Fsp3) is 0.133. The predicted molar refractivity (Wildman–Crippen MR) is 80.2 cm³/mol. The second kappa shape index (κ2) is 5.88. The van der Waals surface area contributed by atoms with E-state index in [1.165, 1.54) is 0 Å². The van der Waals surface area contributed by atoms with Crippen LogP contribution < -0.4 is 4.83 Å². The third-order valence-corrected chi connectivity index (χ3v) is 4.08. The van der Waals surface area contributed by atoms with Crippen molar-refractivity contribution in [3.05, 3.63) is 65.7 Å². The van der Waals surface area contributed by atoms with Crippen LogP contribution in [0.2, 0.25) is 0 Å². The molecule has 0 fully saturated rings. The van der Waals surface area contributed by atoms with Crippen molar-refractivity contribution in [2.45, 2.75) is 18.7 Å². The molecule has 1 N–H and O–H groups in total. The number of rotatable bonds is 4. The Kier molecular flexibility index (Phi) is 4.20. The van der Waals surface area contributed by atoms with E-state index in [0.717, 1.165) is 11.1 Å². The highest BCUT2D eigenvalue weighted by Crippen LogP contribution is 2.10. The Bertz CT molecular complexity index is 705. The summed E-state index contributed by atoms with van der Waals surface area (Å²) in [6.45, 7) is 3.66. The summed E-state index contributed by atoms with van der Waals surface area (Å²) in [6, 6.07) is 16.0. The number of sulfonamides is 1. The van der Waals surface area contributed by atoms with E-state index >= 15 is 0 Å². The molecule has 0 aliphatic carbocycles. The van der Waals surface area contributed by atoms with Gasteiger partial charge in [0.15, 0.2) is 0 Å². The third kappa shape index (κ3) is 3.45. The molecule has 0 saturated heterocycles. The van der Waals surface area contributed by atoms with E-state index in [9.17, 15) is 8.42 Å². The molecule has 2 aromatic rings. The van der Waals surface area contributed by atoms with Crippen LogP contribution >= 0.6 is 0 Å². The predicted octanol–water partition coefficient (Wildman–Crippen LogP) is 2.70. The Hall–Kier alpha value is -2.14. The van der Waals surface area contributed by atoms with Crippen molar-refractivity contribution >= 4 is 15.7 Å². The normalized spacial score (nSPS) is 12.2. The average Bonchev–Trinajstić information content (AvgIpc) is 2.46. The van der Waals surface area contributed by atoms with Gasteiger partial charge in [-0.2, -0.15) is 18.4 Å². The SMILES string of the molecule is C/C(=N/NS(=O)(=O)c1ccc(C)cc1)c1ccccc1. The largest absolute Gasteiger partial charge is 0.276 e. The van der Waals surface area contributed by atoms with Crippen molar-refractivity contribution in [2.24, 2.45) is 5.10 Å². The summed E-state index contributed by atoms with van der Waals surface area (Å²) >= 11 is 0. The molecule has 2 aromatic carbocycles. The van der Waals surface area contributed by atoms with Crippen molar-refractivity contribution in [1.82, 2.24) is 4.83 Å². The number of hydrogen-bond donors (Lipinski definition) is 1. The van der Waals surface area contributed by atoms with Crippen LogP contribution in [0.3, 0.4) is 0 Å². The first kappa shape index (κ1) is 14.3. The minimum absolute atomic E-state index is 0.202. The highest BCUT2D eigenvalue weighted by Gasteiger charge is 2.12. The topological polar surface area (TPSA) is 58.5 Å². The number of hydrogen-bond acceptors (Lipinski definition) is 3. The molecule has 5 heteroatoms. The molecule has 0 aliphatic rings. The summed E-state index contributed by atoms with van der Waals surface area (Å²) in [4.78, 5) is 2.45. The van der Waals surface area contributed by atoms with Crippen LogP contribution in [0.1, 0.15) is 18.1 Å². The highest BCUT2D eigenvalue weighted by atomic mass is 32.2. The average molecular weight is 288 g/mol. The van der Waals surface area contributed by atoms with Crippen LogP contribution in [0.25, 0.3) is 0 Å². The molecule has 0 unspecified atom stereocenters. The first-order valence-electron chi connectivity index (χ1n) is 6.17. The zero-order valence-corrected chi connectivity index (χ0v) is 12.2. The number of benzene rings is 2. The Labute approximate surface area is 119 Å². The molecule has 4 nitrogen and oxygen atoms in total. The number of hydrazone groups is 1. The fourth-order valence-electron chi connectivity index (χ4n) is 1.64. The van der Waals surface area contributed by atoms with Crippen molar-refractivity contribution in [3.63, 3.8) is 0 Å². The maximum atomic E-state index is 12.1. The lowest BCUT2D eigenvalue weighted by molar-refractivity contribution is 0.584. The molecule has 0 bridgehead atoms. The van der Waals surface area contributed by atoms with E-state index < -0.39 is 10.0 Å². The van der Waals surface area contributed by atoms with E-state index in [2.05, 4.69) is 9.93 Å².